The van der Waals surface area contributed by atoms with Crippen LogP contribution >= 0.6 is 0 Å². The van der Waals surface area contributed by atoms with Gasteiger partial charge in [0.25, 0.3) is 0 Å². The van der Waals surface area contributed by atoms with Crippen LogP contribution < -0.4 is 0 Å². The number of hydrogen-bond acceptors (Lipinski definition) is 3. The van der Waals surface area contributed by atoms with Gasteiger partial charge in [0.1, 0.15) is 0 Å². The SMILES string of the molecule is CC[N](CC)[Sb]([N](CC)CC)[N](CC)CC. The fourth-order valence-corrected chi connectivity index (χ4v) is 9.36. The first-order valence-corrected chi connectivity index (χ1v) is 10.2. The Balaban J connectivity index is 4.84. The molecule has 0 aromatic rings. The van der Waals surface area contributed by atoms with Crippen molar-refractivity contribution in [1.29, 1.82) is 0 Å². The molecule has 0 aromatic heterocycles. The summed E-state index contributed by atoms with van der Waals surface area (Å²) in [5, 5.41) is 0. The standard InChI is InChI=1S/3C4H10N.Sb/c3*1-3-5-4-2;/h3*3-4H2,1-2H3;/q3*-1;+3. The van der Waals surface area contributed by atoms with Gasteiger partial charge in [-0.15, -0.1) is 0 Å². The molecule has 0 heterocycles. The van der Waals surface area contributed by atoms with Crippen molar-refractivity contribution in [3.8, 4) is 0 Å². The first-order chi connectivity index (χ1) is 7.69. The Bertz CT molecular complexity index is 126. The summed E-state index contributed by atoms with van der Waals surface area (Å²) < 4.78 is 8.18. The Morgan fingerprint density at radius 3 is 0.812 bits per heavy atom. The predicted octanol–water partition coefficient (Wildman–Crippen LogP) is 2.00. The first-order valence-electron chi connectivity index (χ1n) is 6.74. The second-order valence-electron chi connectivity index (χ2n) is 3.69. The Labute approximate surface area is 111 Å². The van der Waals surface area contributed by atoms with Crippen LogP contribution in [0.15, 0.2) is 0 Å². The summed E-state index contributed by atoms with van der Waals surface area (Å²) in [4.78, 5) is 0. The Morgan fingerprint density at radius 1 is 0.500 bits per heavy atom. The molecule has 0 atom stereocenters. The van der Waals surface area contributed by atoms with Crippen LogP contribution in [0.4, 0.5) is 0 Å². The van der Waals surface area contributed by atoms with E-state index in [2.05, 4.69) is 50.7 Å². The monoisotopic (exact) mass is 337 g/mol. The molecule has 0 rings (SSSR count). The molecule has 3 nitrogen and oxygen atoms in total. The third-order valence-electron chi connectivity index (χ3n) is 2.95. The second kappa shape index (κ2) is 9.70. The minimum absolute atomic E-state index is 1.20. The van der Waals surface area contributed by atoms with Gasteiger partial charge in [-0.3, -0.25) is 0 Å². The van der Waals surface area contributed by atoms with Crippen LogP contribution in [-0.4, -0.2) is 69.5 Å². The fraction of sp³-hybridized carbons (Fsp3) is 1.00. The number of rotatable bonds is 9. The van der Waals surface area contributed by atoms with Crippen molar-refractivity contribution in [1.82, 2.24) is 9.18 Å². The third kappa shape index (κ3) is 4.52. The molecule has 4 heteroatoms. The quantitative estimate of drug-likeness (QED) is 0.596. The molecule has 0 aliphatic carbocycles. The van der Waals surface area contributed by atoms with Crippen molar-refractivity contribution in [2.24, 2.45) is 0 Å². The second-order valence-corrected chi connectivity index (χ2v) is 10.1. The Morgan fingerprint density at radius 2 is 0.688 bits per heavy atom. The summed E-state index contributed by atoms with van der Waals surface area (Å²) in [6.07, 6.45) is 0. The van der Waals surface area contributed by atoms with Crippen LogP contribution in [0, 0.1) is 0 Å². The zero-order chi connectivity index (χ0) is 12.6. The normalized spacial score (nSPS) is 12.4. The molecular formula is C12H30N3Sb. The van der Waals surface area contributed by atoms with E-state index in [1.807, 2.05) is 0 Å². The van der Waals surface area contributed by atoms with Gasteiger partial charge in [0, 0.05) is 0 Å². The van der Waals surface area contributed by atoms with E-state index in [-0.39, 0.29) is 0 Å². The van der Waals surface area contributed by atoms with Gasteiger partial charge in [-0.2, -0.15) is 0 Å². The summed E-state index contributed by atoms with van der Waals surface area (Å²) in [6, 6.07) is 0. The average molecular weight is 338 g/mol. The molecule has 0 bridgehead atoms. The minimum atomic E-state index is -1.57. The third-order valence-corrected chi connectivity index (χ3v) is 12.1. The first kappa shape index (κ1) is 16.7. The maximum atomic E-state index is 2.72. The van der Waals surface area contributed by atoms with Crippen molar-refractivity contribution in [3.05, 3.63) is 0 Å². The molecule has 0 saturated carbocycles. The Kier molecular flexibility index (Phi) is 10.1. The predicted molar refractivity (Wildman–Crippen MR) is 74.5 cm³/mol. The molecule has 0 spiro atoms. The summed E-state index contributed by atoms with van der Waals surface area (Å²) in [5.41, 5.74) is 0. The van der Waals surface area contributed by atoms with Crippen molar-refractivity contribution >= 4 is 21.0 Å². The molecule has 0 N–H and O–H groups in total. The van der Waals surface area contributed by atoms with Gasteiger partial charge in [-0.05, 0) is 0 Å². The zero-order valence-corrected chi connectivity index (χ0v) is 14.6. The summed E-state index contributed by atoms with van der Waals surface area (Å²) in [5.74, 6) is 0. The van der Waals surface area contributed by atoms with Gasteiger partial charge in [0.15, 0.2) is 0 Å². The summed E-state index contributed by atoms with van der Waals surface area (Å²) in [6.45, 7) is 21.0. The van der Waals surface area contributed by atoms with E-state index in [1.165, 1.54) is 39.3 Å². The molecule has 0 radical (unpaired) electrons. The van der Waals surface area contributed by atoms with Crippen LogP contribution in [0.3, 0.4) is 0 Å². The van der Waals surface area contributed by atoms with Crippen LogP contribution in [0.5, 0.6) is 0 Å². The van der Waals surface area contributed by atoms with Crippen LogP contribution in [0.1, 0.15) is 41.5 Å². The molecule has 0 saturated heterocycles. The van der Waals surface area contributed by atoms with E-state index in [0.717, 1.165) is 0 Å². The van der Waals surface area contributed by atoms with Crippen LogP contribution in [0.25, 0.3) is 0 Å². The molecule has 0 aliphatic rings. The maximum absolute atomic E-state index is 2.72. The van der Waals surface area contributed by atoms with E-state index in [1.54, 1.807) is 0 Å². The summed E-state index contributed by atoms with van der Waals surface area (Å²) >= 11 is -1.57. The molecular weight excluding hydrogens is 308 g/mol. The molecule has 0 unspecified atom stereocenters. The van der Waals surface area contributed by atoms with Crippen molar-refractivity contribution in [2.75, 3.05) is 39.3 Å². The Hall–Kier alpha value is 0.698. The van der Waals surface area contributed by atoms with Gasteiger partial charge in [-0.25, -0.2) is 0 Å². The molecule has 0 amide bonds. The van der Waals surface area contributed by atoms with Gasteiger partial charge < -0.3 is 0 Å². The van der Waals surface area contributed by atoms with Gasteiger partial charge in [0.05, 0.1) is 0 Å². The van der Waals surface area contributed by atoms with E-state index >= 15 is 0 Å². The topological polar surface area (TPSA) is 9.72 Å². The van der Waals surface area contributed by atoms with E-state index in [0.29, 0.717) is 0 Å². The molecule has 16 heavy (non-hydrogen) atoms. The summed E-state index contributed by atoms with van der Waals surface area (Å²) in [7, 11) is 0. The van der Waals surface area contributed by atoms with Gasteiger partial charge >= 0.3 is 111 Å². The molecule has 0 aromatic carbocycles. The molecule has 0 fully saturated rings. The van der Waals surface area contributed by atoms with E-state index < -0.39 is 21.0 Å². The number of hydrogen-bond donors (Lipinski definition) is 0. The molecule has 0 aliphatic heterocycles. The van der Waals surface area contributed by atoms with Crippen LogP contribution in [0.2, 0.25) is 0 Å². The number of nitrogens with zero attached hydrogens (tertiary/aromatic N) is 3. The fourth-order valence-electron chi connectivity index (χ4n) is 1.97. The van der Waals surface area contributed by atoms with E-state index in [9.17, 15) is 0 Å². The van der Waals surface area contributed by atoms with Crippen LogP contribution in [-0.2, 0) is 0 Å². The average Bonchev–Trinajstić information content (AvgIpc) is 2.33. The molecule has 98 valence electrons. The van der Waals surface area contributed by atoms with Crippen molar-refractivity contribution in [3.63, 3.8) is 0 Å². The van der Waals surface area contributed by atoms with E-state index in [4.69, 9.17) is 0 Å². The van der Waals surface area contributed by atoms with Gasteiger partial charge in [0.2, 0.25) is 0 Å². The van der Waals surface area contributed by atoms with Crippen molar-refractivity contribution < 1.29 is 0 Å². The van der Waals surface area contributed by atoms with Gasteiger partial charge in [-0.1, -0.05) is 0 Å². The van der Waals surface area contributed by atoms with Crippen molar-refractivity contribution in [2.45, 2.75) is 41.5 Å². The zero-order valence-electron chi connectivity index (χ0n) is 12.0.